The van der Waals surface area contributed by atoms with Crippen molar-refractivity contribution in [1.29, 1.82) is 0 Å². The van der Waals surface area contributed by atoms with Gasteiger partial charge in [-0.2, -0.15) is 0 Å². The lowest BCUT2D eigenvalue weighted by molar-refractivity contribution is 0.397. The molecule has 0 bridgehead atoms. The maximum absolute atomic E-state index is 5.37. The van der Waals surface area contributed by atoms with Crippen molar-refractivity contribution >= 4 is 5.96 Å². The van der Waals surface area contributed by atoms with E-state index in [-0.39, 0.29) is 0 Å². The molecule has 5 nitrogen and oxygen atoms in total. The number of nitrogens with one attached hydrogen (secondary N) is 2. The van der Waals surface area contributed by atoms with Crippen molar-refractivity contribution in [1.82, 2.24) is 15.6 Å². The van der Waals surface area contributed by atoms with Gasteiger partial charge in [0.05, 0.1) is 0 Å². The summed E-state index contributed by atoms with van der Waals surface area (Å²) in [5.41, 5.74) is 2.60. The van der Waals surface area contributed by atoms with E-state index in [1.165, 1.54) is 13.0 Å². The second kappa shape index (κ2) is 6.63. The molecule has 1 heterocycles. The average molecular weight is 213 g/mol. The zero-order valence-corrected chi connectivity index (χ0v) is 9.79. The van der Waals surface area contributed by atoms with Gasteiger partial charge >= 0.3 is 0 Å². The van der Waals surface area contributed by atoms with Crippen molar-refractivity contribution in [3.63, 3.8) is 0 Å². The second-order valence-electron chi connectivity index (χ2n) is 4.18. The first-order valence-corrected chi connectivity index (χ1v) is 5.69. The molecule has 1 unspecified atom stereocenters. The van der Waals surface area contributed by atoms with Gasteiger partial charge in [0, 0.05) is 19.6 Å². The molecule has 1 atom stereocenters. The predicted molar refractivity (Wildman–Crippen MR) is 63.5 cm³/mol. The molecule has 4 N–H and O–H groups in total. The largest absolute Gasteiger partial charge is 0.355 e. The van der Waals surface area contributed by atoms with Gasteiger partial charge in [0.1, 0.15) is 0 Å². The van der Waals surface area contributed by atoms with E-state index >= 15 is 0 Å². The summed E-state index contributed by atoms with van der Waals surface area (Å²) in [4.78, 5) is 6.78. The van der Waals surface area contributed by atoms with Crippen LogP contribution in [0.5, 0.6) is 0 Å². The van der Waals surface area contributed by atoms with Gasteiger partial charge in [0.2, 0.25) is 5.96 Å². The van der Waals surface area contributed by atoms with Gasteiger partial charge in [0.25, 0.3) is 0 Å². The number of guanidine groups is 1. The number of likely N-dealkylation sites (tertiary alicyclic amines) is 1. The van der Waals surface area contributed by atoms with Crippen molar-refractivity contribution in [3.05, 3.63) is 0 Å². The van der Waals surface area contributed by atoms with Crippen molar-refractivity contribution in [3.8, 4) is 0 Å². The smallest absolute Gasteiger partial charge is 0.205 e. The van der Waals surface area contributed by atoms with E-state index in [0.29, 0.717) is 11.9 Å². The molecule has 1 aliphatic heterocycles. The Morgan fingerprint density at radius 3 is 2.93 bits per heavy atom. The maximum Gasteiger partial charge on any atom is 0.205 e. The highest BCUT2D eigenvalue weighted by Crippen LogP contribution is 2.13. The van der Waals surface area contributed by atoms with E-state index < -0.39 is 0 Å². The molecule has 1 rings (SSSR count). The van der Waals surface area contributed by atoms with E-state index in [2.05, 4.69) is 34.6 Å². The highest BCUT2D eigenvalue weighted by Gasteiger charge is 2.18. The molecule has 0 aliphatic carbocycles. The topological polar surface area (TPSA) is 65.7 Å². The highest BCUT2D eigenvalue weighted by molar-refractivity contribution is 5.79. The Bertz CT molecular complexity index is 204. The number of hydrazine groups is 1. The molecule has 0 saturated carbocycles. The fourth-order valence-electron chi connectivity index (χ4n) is 1.79. The SMILES string of the molecule is CCCNC(=NCC1CCN(C)C1)NN. The highest BCUT2D eigenvalue weighted by atomic mass is 15.3. The lowest BCUT2D eigenvalue weighted by Crippen LogP contribution is -2.42. The van der Waals surface area contributed by atoms with Crippen molar-refractivity contribution in [2.75, 3.05) is 33.2 Å². The molecule has 0 aromatic carbocycles. The van der Waals surface area contributed by atoms with Gasteiger partial charge in [0.15, 0.2) is 0 Å². The molecule has 1 fully saturated rings. The summed E-state index contributed by atoms with van der Waals surface area (Å²) in [6.45, 7) is 6.23. The van der Waals surface area contributed by atoms with Crippen LogP contribution in [0.3, 0.4) is 0 Å². The van der Waals surface area contributed by atoms with Gasteiger partial charge in [-0.25, -0.2) is 5.84 Å². The summed E-state index contributed by atoms with van der Waals surface area (Å²) in [7, 11) is 2.15. The number of nitrogens with zero attached hydrogens (tertiary/aromatic N) is 2. The molecule has 0 aromatic rings. The fourth-order valence-corrected chi connectivity index (χ4v) is 1.79. The molecular formula is C10H23N5. The van der Waals surface area contributed by atoms with Crippen molar-refractivity contribution < 1.29 is 0 Å². The third kappa shape index (κ3) is 4.48. The summed E-state index contributed by atoms with van der Waals surface area (Å²) in [6.07, 6.45) is 2.32. The Hall–Kier alpha value is -0.810. The second-order valence-corrected chi connectivity index (χ2v) is 4.18. The Morgan fingerprint density at radius 2 is 2.40 bits per heavy atom. The van der Waals surface area contributed by atoms with Crippen LogP contribution in [0.15, 0.2) is 4.99 Å². The zero-order chi connectivity index (χ0) is 11.1. The van der Waals surface area contributed by atoms with Gasteiger partial charge in [-0.1, -0.05) is 6.92 Å². The van der Waals surface area contributed by atoms with Gasteiger partial charge < -0.3 is 10.2 Å². The number of nitrogens with two attached hydrogens (primary N) is 1. The minimum absolute atomic E-state index is 0.682. The third-order valence-electron chi connectivity index (χ3n) is 2.68. The van der Waals surface area contributed by atoms with E-state index in [1.54, 1.807) is 0 Å². The monoisotopic (exact) mass is 213 g/mol. The van der Waals surface area contributed by atoms with Gasteiger partial charge in [-0.05, 0) is 32.4 Å². The normalized spacial score (nSPS) is 23.1. The minimum Gasteiger partial charge on any atom is -0.355 e. The summed E-state index contributed by atoms with van der Waals surface area (Å²) < 4.78 is 0. The first-order chi connectivity index (χ1) is 7.26. The molecule has 5 heteroatoms. The van der Waals surface area contributed by atoms with Crippen molar-refractivity contribution in [2.45, 2.75) is 19.8 Å². The van der Waals surface area contributed by atoms with Crippen LogP contribution in [-0.4, -0.2) is 44.1 Å². The van der Waals surface area contributed by atoms with Crippen LogP contribution < -0.4 is 16.6 Å². The van der Waals surface area contributed by atoms with Crippen LogP contribution in [-0.2, 0) is 0 Å². The molecule has 88 valence electrons. The quantitative estimate of drug-likeness (QED) is 0.261. The van der Waals surface area contributed by atoms with Crippen LogP contribution >= 0.6 is 0 Å². The predicted octanol–water partition coefficient (Wildman–Crippen LogP) is -0.243. The molecule has 0 amide bonds. The third-order valence-corrected chi connectivity index (χ3v) is 2.68. The van der Waals surface area contributed by atoms with Crippen LogP contribution in [0, 0.1) is 5.92 Å². The van der Waals surface area contributed by atoms with Gasteiger partial charge in [-0.15, -0.1) is 0 Å². The maximum atomic E-state index is 5.37. The Labute approximate surface area is 92.1 Å². The standard InChI is InChI=1S/C10H23N5/c1-3-5-12-10(14-11)13-7-9-4-6-15(2)8-9/h9H,3-8,11H2,1-2H3,(H2,12,13,14). The molecular weight excluding hydrogens is 190 g/mol. The van der Waals surface area contributed by atoms with E-state index in [4.69, 9.17) is 5.84 Å². The lowest BCUT2D eigenvalue weighted by Gasteiger charge is -2.10. The van der Waals surface area contributed by atoms with Crippen LogP contribution in [0.1, 0.15) is 19.8 Å². The first-order valence-electron chi connectivity index (χ1n) is 5.69. The summed E-state index contributed by atoms with van der Waals surface area (Å²) in [5.74, 6) is 6.77. The minimum atomic E-state index is 0.682. The molecule has 0 aromatic heterocycles. The van der Waals surface area contributed by atoms with Gasteiger partial charge in [-0.3, -0.25) is 10.4 Å². The fraction of sp³-hybridized carbons (Fsp3) is 0.900. The number of hydrogen-bond acceptors (Lipinski definition) is 3. The number of rotatable bonds is 4. The summed E-state index contributed by atoms with van der Waals surface area (Å²) in [6, 6.07) is 0. The molecule has 1 aliphatic rings. The van der Waals surface area contributed by atoms with Crippen LogP contribution in [0.4, 0.5) is 0 Å². The lowest BCUT2D eigenvalue weighted by atomic mass is 10.1. The van der Waals surface area contributed by atoms with Crippen LogP contribution in [0.2, 0.25) is 0 Å². The zero-order valence-electron chi connectivity index (χ0n) is 9.79. The van der Waals surface area contributed by atoms with E-state index in [9.17, 15) is 0 Å². The Balaban J connectivity index is 2.27. The first kappa shape index (κ1) is 12.3. The molecule has 0 radical (unpaired) electrons. The Morgan fingerprint density at radius 1 is 1.60 bits per heavy atom. The number of aliphatic imine (C=N–C) groups is 1. The average Bonchev–Trinajstić information content (AvgIpc) is 2.65. The number of hydrogen-bond donors (Lipinski definition) is 3. The summed E-state index contributed by atoms with van der Waals surface area (Å²) in [5, 5.41) is 3.15. The van der Waals surface area contributed by atoms with Crippen molar-refractivity contribution in [2.24, 2.45) is 16.8 Å². The molecule has 1 saturated heterocycles. The Kier molecular flexibility index (Phi) is 5.42. The van der Waals surface area contributed by atoms with E-state index in [0.717, 1.165) is 26.1 Å². The summed E-state index contributed by atoms with van der Waals surface area (Å²) >= 11 is 0. The van der Waals surface area contributed by atoms with Crippen LogP contribution in [0.25, 0.3) is 0 Å². The molecule has 15 heavy (non-hydrogen) atoms. The van der Waals surface area contributed by atoms with E-state index in [1.807, 2.05) is 0 Å². The molecule has 0 spiro atoms.